The molecular formula is C23H29N3O3S. The Morgan fingerprint density at radius 2 is 2.00 bits per heavy atom. The van der Waals surface area contributed by atoms with Crippen LogP contribution in [0.15, 0.2) is 35.7 Å². The second kappa shape index (κ2) is 9.62. The molecule has 7 heteroatoms. The molecule has 2 aromatic rings. The number of piperidine rings is 1. The highest BCUT2D eigenvalue weighted by molar-refractivity contribution is 7.12. The van der Waals surface area contributed by atoms with Crippen molar-refractivity contribution in [3.05, 3.63) is 46.2 Å². The zero-order chi connectivity index (χ0) is 20.9. The molecule has 2 fully saturated rings. The number of hydrogen-bond acceptors (Lipinski definition) is 5. The van der Waals surface area contributed by atoms with Crippen LogP contribution in [0.1, 0.15) is 52.6 Å². The lowest BCUT2D eigenvalue weighted by molar-refractivity contribution is 0.0858. The van der Waals surface area contributed by atoms with Crippen molar-refractivity contribution in [2.45, 2.75) is 38.7 Å². The van der Waals surface area contributed by atoms with E-state index in [0.29, 0.717) is 28.6 Å². The summed E-state index contributed by atoms with van der Waals surface area (Å²) in [7, 11) is 0. The molecule has 2 saturated heterocycles. The summed E-state index contributed by atoms with van der Waals surface area (Å²) < 4.78 is 5.63. The average molecular weight is 428 g/mol. The molecule has 2 aliphatic heterocycles. The van der Waals surface area contributed by atoms with Crippen LogP contribution in [0.3, 0.4) is 0 Å². The number of hydrogen-bond donors (Lipinski definition) is 2. The van der Waals surface area contributed by atoms with Gasteiger partial charge in [-0.15, -0.1) is 11.3 Å². The molecule has 2 aliphatic rings. The normalized spacial score (nSPS) is 19.6. The largest absolute Gasteiger partial charge is 0.376 e. The van der Waals surface area contributed by atoms with E-state index < -0.39 is 0 Å². The van der Waals surface area contributed by atoms with Crippen LogP contribution in [0, 0.1) is 5.92 Å². The Bertz CT molecular complexity index is 870. The van der Waals surface area contributed by atoms with Gasteiger partial charge in [0.05, 0.1) is 16.5 Å². The highest BCUT2D eigenvalue weighted by Crippen LogP contribution is 2.29. The molecule has 0 unspecified atom stereocenters. The van der Waals surface area contributed by atoms with E-state index >= 15 is 0 Å². The van der Waals surface area contributed by atoms with Crippen molar-refractivity contribution in [1.82, 2.24) is 5.32 Å². The number of benzene rings is 1. The van der Waals surface area contributed by atoms with Crippen LogP contribution in [0.25, 0.3) is 0 Å². The lowest BCUT2D eigenvalue weighted by atomic mass is 9.97. The first-order chi connectivity index (χ1) is 14.6. The van der Waals surface area contributed by atoms with Gasteiger partial charge in [0.15, 0.2) is 0 Å². The summed E-state index contributed by atoms with van der Waals surface area (Å²) in [6, 6.07) is 9.28. The maximum atomic E-state index is 13.1. The molecule has 0 radical (unpaired) electrons. The van der Waals surface area contributed by atoms with Crippen molar-refractivity contribution in [2.24, 2.45) is 5.92 Å². The van der Waals surface area contributed by atoms with E-state index in [2.05, 4.69) is 22.5 Å². The summed E-state index contributed by atoms with van der Waals surface area (Å²) in [4.78, 5) is 28.5. The van der Waals surface area contributed by atoms with Gasteiger partial charge in [0, 0.05) is 37.6 Å². The third kappa shape index (κ3) is 5.02. The second-order valence-corrected chi connectivity index (χ2v) is 9.13. The van der Waals surface area contributed by atoms with E-state index in [1.54, 1.807) is 12.1 Å². The number of ether oxygens (including phenoxy) is 1. The third-order valence-corrected chi connectivity index (χ3v) is 6.75. The Morgan fingerprint density at radius 1 is 1.17 bits per heavy atom. The summed E-state index contributed by atoms with van der Waals surface area (Å²) in [5.74, 6) is 0.434. The molecule has 1 aromatic heterocycles. The Balaban J connectivity index is 1.53. The van der Waals surface area contributed by atoms with Gasteiger partial charge in [0.25, 0.3) is 11.8 Å². The van der Waals surface area contributed by atoms with Gasteiger partial charge in [0.1, 0.15) is 0 Å². The number of amides is 2. The molecule has 1 aromatic carbocycles. The van der Waals surface area contributed by atoms with Crippen molar-refractivity contribution >= 4 is 34.5 Å². The summed E-state index contributed by atoms with van der Waals surface area (Å²) in [6.07, 6.45) is 4.35. The predicted molar refractivity (Wildman–Crippen MR) is 121 cm³/mol. The number of thiophene rings is 1. The fraction of sp³-hybridized carbons (Fsp3) is 0.478. The molecule has 0 aliphatic carbocycles. The Labute approximate surface area is 181 Å². The standard InChI is InChI=1S/C23H29N3O3S/c1-16-8-10-26(11-9-16)20-7-6-17(25-23(28)21-5-3-13-30-21)14-19(20)22(27)24-15-18-4-2-12-29-18/h3,5-7,13-14,16,18H,2,4,8-12,15H2,1H3,(H,24,27)(H,25,28)/t18-/m0/s1. The Hall–Kier alpha value is -2.38. The van der Waals surface area contributed by atoms with Crippen LogP contribution in [-0.2, 0) is 4.74 Å². The van der Waals surface area contributed by atoms with E-state index in [9.17, 15) is 9.59 Å². The molecule has 30 heavy (non-hydrogen) atoms. The van der Waals surface area contributed by atoms with Gasteiger partial charge in [-0.1, -0.05) is 13.0 Å². The van der Waals surface area contributed by atoms with Crippen molar-refractivity contribution in [1.29, 1.82) is 0 Å². The van der Waals surface area contributed by atoms with E-state index in [1.807, 2.05) is 23.6 Å². The summed E-state index contributed by atoms with van der Waals surface area (Å²) >= 11 is 1.40. The lowest BCUT2D eigenvalue weighted by Crippen LogP contribution is -2.36. The minimum Gasteiger partial charge on any atom is -0.376 e. The summed E-state index contributed by atoms with van der Waals surface area (Å²) in [6.45, 7) is 5.43. The number of carbonyl (C=O) groups is 2. The van der Waals surface area contributed by atoms with Gasteiger partial charge < -0.3 is 20.3 Å². The first-order valence-corrected chi connectivity index (χ1v) is 11.6. The van der Waals surface area contributed by atoms with Crippen molar-refractivity contribution in [3.8, 4) is 0 Å². The molecule has 6 nitrogen and oxygen atoms in total. The molecule has 0 spiro atoms. The van der Waals surface area contributed by atoms with Crippen LogP contribution in [-0.4, -0.2) is 44.2 Å². The monoisotopic (exact) mass is 427 g/mol. The Morgan fingerprint density at radius 3 is 2.70 bits per heavy atom. The van der Waals surface area contributed by atoms with Gasteiger partial charge in [0.2, 0.25) is 0 Å². The fourth-order valence-corrected chi connectivity index (χ4v) is 4.65. The van der Waals surface area contributed by atoms with Crippen LogP contribution in [0.4, 0.5) is 11.4 Å². The maximum absolute atomic E-state index is 13.1. The molecule has 1 atom stereocenters. The van der Waals surface area contributed by atoms with Gasteiger partial charge >= 0.3 is 0 Å². The molecular weight excluding hydrogens is 398 g/mol. The van der Waals surface area contributed by atoms with Crippen molar-refractivity contribution in [3.63, 3.8) is 0 Å². The number of carbonyl (C=O) groups excluding carboxylic acids is 2. The highest BCUT2D eigenvalue weighted by Gasteiger charge is 2.23. The number of anilines is 2. The number of nitrogens with zero attached hydrogens (tertiary/aromatic N) is 1. The molecule has 4 rings (SSSR count). The molecule has 0 bridgehead atoms. The van der Waals surface area contributed by atoms with E-state index in [-0.39, 0.29) is 17.9 Å². The first-order valence-electron chi connectivity index (χ1n) is 10.7. The van der Waals surface area contributed by atoms with Gasteiger partial charge in [-0.3, -0.25) is 9.59 Å². The summed E-state index contributed by atoms with van der Waals surface area (Å²) in [5.41, 5.74) is 2.16. The summed E-state index contributed by atoms with van der Waals surface area (Å²) in [5, 5.41) is 7.83. The minimum absolute atomic E-state index is 0.0925. The van der Waals surface area contributed by atoms with Gasteiger partial charge in [-0.05, 0) is 61.2 Å². The molecule has 3 heterocycles. The van der Waals surface area contributed by atoms with Crippen molar-refractivity contribution < 1.29 is 14.3 Å². The molecule has 0 saturated carbocycles. The van der Waals surface area contributed by atoms with Crippen LogP contribution in [0.5, 0.6) is 0 Å². The van der Waals surface area contributed by atoms with Crippen molar-refractivity contribution in [2.75, 3.05) is 36.5 Å². The first kappa shape index (κ1) is 20.9. The molecule has 160 valence electrons. The van der Waals surface area contributed by atoms with Gasteiger partial charge in [-0.25, -0.2) is 0 Å². The quantitative estimate of drug-likeness (QED) is 0.727. The van der Waals surface area contributed by atoms with E-state index in [4.69, 9.17) is 4.74 Å². The number of rotatable bonds is 6. The number of nitrogens with one attached hydrogen (secondary N) is 2. The average Bonchev–Trinajstić information content (AvgIpc) is 3.47. The third-order valence-electron chi connectivity index (χ3n) is 5.88. The lowest BCUT2D eigenvalue weighted by Gasteiger charge is -2.33. The second-order valence-electron chi connectivity index (χ2n) is 8.18. The van der Waals surface area contributed by atoms with Crippen LogP contribution >= 0.6 is 11.3 Å². The van der Waals surface area contributed by atoms with E-state index in [1.165, 1.54) is 11.3 Å². The fourth-order valence-electron chi connectivity index (χ4n) is 4.03. The highest BCUT2D eigenvalue weighted by atomic mass is 32.1. The zero-order valence-electron chi connectivity index (χ0n) is 17.4. The van der Waals surface area contributed by atoms with E-state index in [0.717, 1.165) is 51.1 Å². The SMILES string of the molecule is CC1CCN(c2ccc(NC(=O)c3cccs3)cc2C(=O)NC[C@@H]2CCCO2)CC1. The zero-order valence-corrected chi connectivity index (χ0v) is 18.2. The Kier molecular flexibility index (Phi) is 6.69. The van der Waals surface area contributed by atoms with Crippen LogP contribution < -0.4 is 15.5 Å². The smallest absolute Gasteiger partial charge is 0.265 e. The van der Waals surface area contributed by atoms with Crippen LogP contribution in [0.2, 0.25) is 0 Å². The predicted octanol–water partition coefficient (Wildman–Crippen LogP) is 4.15. The minimum atomic E-state index is -0.157. The molecule has 2 N–H and O–H groups in total. The van der Waals surface area contributed by atoms with Gasteiger partial charge in [-0.2, -0.15) is 0 Å². The topological polar surface area (TPSA) is 70.7 Å². The maximum Gasteiger partial charge on any atom is 0.265 e. The molecule has 2 amide bonds.